The van der Waals surface area contributed by atoms with E-state index in [0.717, 1.165) is 16.9 Å². The van der Waals surface area contributed by atoms with Crippen molar-refractivity contribution in [2.24, 2.45) is 0 Å². The lowest BCUT2D eigenvalue weighted by Gasteiger charge is -2.18. The van der Waals surface area contributed by atoms with Crippen LogP contribution in [0.2, 0.25) is 0 Å². The molecule has 0 unspecified atom stereocenters. The van der Waals surface area contributed by atoms with Crippen molar-refractivity contribution >= 4 is 17.2 Å². The van der Waals surface area contributed by atoms with Crippen LogP contribution >= 0.6 is 11.3 Å². The number of rotatable bonds is 4. The first-order chi connectivity index (χ1) is 9.11. The fourth-order valence-electron chi connectivity index (χ4n) is 1.87. The Balaban J connectivity index is 2.17. The minimum Gasteiger partial charge on any atom is -0.496 e. The average Bonchev–Trinajstić information content (AvgIpc) is 2.92. The van der Waals surface area contributed by atoms with Crippen molar-refractivity contribution in [1.82, 2.24) is 9.88 Å². The molecule has 1 amide bonds. The van der Waals surface area contributed by atoms with Gasteiger partial charge in [-0.3, -0.25) is 4.79 Å². The second-order valence-electron chi connectivity index (χ2n) is 4.35. The predicted molar refractivity (Wildman–Crippen MR) is 75.6 cm³/mol. The van der Waals surface area contributed by atoms with Gasteiger partial charge in [0.25, 0.3) is 5.91 Å². The molecule has 0 bridgehead atoms. The van der Waals surface area contributed by atoms with Crippen molar-refractivity contribution < 1.29 is 9.53 Å². The third kappa shape index (κ3) is 3.12. The van der Waals surface area contributed by atoms with E-state index >= 15 is 0 Å². The zero-order valence-corrected chi connectivity index (χ0v) is 12.0. The number of carbonyl (C=O) groups is 1. The van der Waals surface area contributed by atoms with Crippen LogP contribution in [-0.2, 0) is 6.54 Å². The number of aryl methyl sites for hydroxylation is 1. The Morgan fingerprint density at radius 3 is 2.89 bits per heavy atom. The Morgan fingerprint density at radius 1 is 1.47 bits per heavy atom. The quantitative estimate of drug-likeness (QED) is 0.862. The number of thiazole rings is 1. The van der Waals surface area contributed by atoms with Crippen molar-refractivity contribution in [3.05, 3.63) is 45.9 Å². The van der Waals surface area contributed by atoms with Gasteiger partial charge in [0.05, 0.1) is 12.6 Å². The zero-order valence-electron chi connectivity index (χ0n) is 11.2. The molecular weight excluding hydrogens is 260 g/mol. The first-order valence-corrected chi connectivity index (χ1v) is 6.83. The molecule has 0 spiro atoms. The zero-order chi connectivity index (χ0) is 13.8. The van der Waals surface area contributed by atoms with Crippen LogP contribution in [0.3, 0.4) is 0 Å². The largest absolute Gasteiger partial charge is 0.496 e. The molecule has 5 heteroatoms. The molecule has 0 atom stereocenters. The summed E-state index contributed by atoms with van der Waals surface area (Å²) in [7, 11) is 3.40. The molecule has 19 heavy (non-hydrogen) atoms. The number of benzene rings is 1. The number of nitrogens with zero attached hydrogens (tertiary/aromatic N) is 2. The maximum Gasteiger partial charge on any atom is 0.273 e. The highest BCUT2D eigenvalue weighted by Crippen LogP contribution is 2.21. The summed E-state index contributed by atoms with van der Waals surface area (Å²) in [6, 6.07) is 5.94. The first-order valence-electron chi connectivity index (χ1n) is 5.89. The molecule has 100 valence electrons. The van der Waals surface area contributed by atoms with E-state index in [0.29, 0.717) is 12.2 Å². The summed E-state index contributed by atoms with van der Waals surface area (Å²) in [6.07, 6.45) is 0. The van der Waals surface area contributed by atoms with Crippen molar-refractivity contribution in [3.8, 4) is 5.75 Å². The van der Waals surface area contributed by atoms with E-state index in [9.17, 15) is 4.79 Å². The monoisotopic (exact) mass is 276 g/mol. The molecule has 0 saturated heterocycles. The van der Waals surface area contributed by atoms with E-state index in [1.807, 2.05) is 25.1 Å². The summed E-state index contributed by atoms with van der Waals surface area (Å²) in [6.45, 7) is 2.52. The molecular formula is C14H16N2O2S. The molecule has 0 N–H and O–H groups in total. The Bertz CT molecular complexity index is 567. The number of aromatic nitrogens is 1. The predicted octanol–water partition coefficient (Wildman–Crippen LogP) is 2.73. The number of methoxy groups -OCH3 is 1. The summed E-state index contributed by atoms with van der Waals surface area (Å²) in [5, 5.41) is 1.76. The SMILES string of the molecule is COc1ccc(C)cc1CN(C)C(=O)c1cscn1. The Morgan fingerprint density at radius 2 is 2.26 bits per heavy atom. The van der Waals surface area contributed by atoms with Crippen LogP contribution in [0.1, 0.15) is 21.6 Å². The summed E-state index contributed by atoms with van der Waals surface area (Å²) >= 11 is 1.42. The molecule has 2 aromatic rings. The van der Waals surface area contributed by atoms with Crippen LogP contribution in [0.4, 0.5) is 0 Å². The average molecular weight is 276 g/mol. The Kier molecular flexibility index (Phi) is 4.16. The second-order valence-corrected chi connectivity index (χ2v) is 5.07. The van der Waals surface area contributed by atoms with Crippen molar-refractivity contribution in [3.63, 3.8) is 0 Å². The molecule has 0 aliphatic heterocycles. The summed E-state index contributed by atoms with van der Waals surface area (Å²) in [5.74, 6) is 0.716. The molecule has 0 aliphatic carbocycles. The maximum atomic E-state index is 12.1. The fraction of sp³-hybridized carbons (Fsp3) is 0.286. The van der Waals surface area contributed by atoms with Crippen LogP contribution in [0.5, 0.6) is 5.75 Å². The standard InChI is InChI=1S/C14H16N2O2S/c1-10-4-5-13(18-3)11(6-10)7-16(2)14(17)12-8-19-9-15-12/h4-6,8-9H,7H2,1-3H3. The third-order valence-electron chi connectivity index (χ3n) is 2.84. The van der Waals surface area contributed by atoms with Crippen molar-refractivity contribution in [1.29, 1.82) is 0 Å². The molecule has 0 saturated carbocycles. The number of hydrogen-bond acceptors (Lipinski definition) is 4. The Labute approximate surface area is 116 Å². The number of amides is 1. The van der Waals surface area contributed by atoms with Crippen LogP contribution < -0.4 is 4.74 Å². The lowest BCUT2D eigenvalue weighted by Crippen LogP contribution is -2.26. The highest BCUT2D eigenvalue weighted by molar-refractivity contribution is 7.07. The fourth-order valence-corrected chi connectivity index (χ4v) is 2.40. The van der Waals surface area contributed by atoms with Gasteiger partial charge in [-0.25, -0.2) is 4.98 Å². The van der Waals surface area contributed by atoms with Crippen molar-refractivity contribution in [2.45, 2.75) is 13.5 Å². The molecule has 0 fully saturated rings. The molecule has 0 radical (unpaired) electrons. The van der Waals surface area contributed by atoms with Gasteiger partial charge in [-0.2, -0.15) is 0 Å². The first kappa shape index (κ1) is 13.5. The number of ether oxygens (including phenoxy) is 1. The lowest BCUT2D eigenvalue weighted by molar-refractivity contribution is 0.0779. The summed E-state index contributed by atoms with van der Waals surface area (Å²) < 4.78 is 5.32. The van der Waals surface area contributed by atoms with E-state index in [4.69, 9.17) is 4.74 Å². The van der Waals surface area contributed by atoms with Gasteiger partial charge in [0.15, 0.2) is 0 Å². The van der Waals surface area contributed by atoms with Crippen molar-refractivity contribution in [2.75, 3.05) is 14.2 Å². The van der Waals surface area contributed by atoms with Gasteiger partial charge in [0, 0.05) is 24.5 Å². The maximum absolute atomic E-state index is 12.1. The third-order valence-corrected chi connectivity index (χ3v) is 3.43. The van der Waals surface area contributed by atoms with Crippen LogP contribution in [0.15, 0.2) is 29.1 Å². The number of carbonyl (C=O) groups excluding carboxylic acids is 1. The summed E-state index contributed by atoms with van der Waals surface area (Å²) in [4.78, 5) is 17.8. The highest BCUT2D eigenvalue weighted by atomic mass is 32.1. The lowest BCUT2D eigenvalue weighted by atomic mass is 10.1. The minimum absolute atomic E-state index is 0.0789. The van der Waals surface area contributed by atoms with Gasteiger partial charge in [-0.1, -0.05) is 17.7 Å². The van der Waals surface area contributed by atoms with E-state index in [1.54, 1.807) is 29.9 Å². The van der Waals surface area contributed by atoms with Crippen LogP contribution in [0.25, 0.3) is 0 Å². The van der Waals surface area contributed by atoms with Gasteiger partial charge in [0.1, 0.15) is 11.4 Å². The van der Waals surface area contributed by atoms with E-state index < -0.39 is 0 Å². The van der Waals surface area contributed by atoms with Gasteiger partial charge >= 0.3 is 0 Å². The smallest absolute Gasteiger partial charge is 0.273 e. The summed E-state index contributed by atoms with van der Waals surface area (Å²) in [5.41, 5.74) is 4.28. The second kappa shape index (κ2) is 5.84. The molecule has 4 nitrogen and oxygen atoms in total. The minimum atomic E-state index is -0.0789. The molecule has 1 heterocycles. The van der Waals surface area contributed by atoms with Gasteiger partial charge in [0.2, 0.25) is 0 Å². The molecule has 0 aliphatic rings. The normalized spacial score (nSPS) is 10.3. The topological polar surface area (TPSA) is 42.4 Å². The number of hydrogen-bond donors (Lipinski definition) is 0. The van der Waals surface area contributed by atoms with E-state index in [1.165, 1.54) is 11.3 Å². The molecule has 1 aromatic carbocycles. The van der Waals surface area contributed by atoms with Gasteiger partial charge in [-0.05, 0) is 13.0 Å². The molecule has 1 aromatic heterocycles. The van der Waals surface area contributed by atoms with E-state index in [2.05, 4.69) is 4.98 Å². The van der Waals surface area contributed by atoms with E-state index in [-0.39, 0.29) is 5.91 Å². The Hall–Kier alpha value is -1.88. The molecule has 2 rings (SSSR count). The van der Waals surface area contributed by atoms with Crippen LogP contribution in [0, 0.1) is 6.92 Å². The van der Waals surface area contributed by atoms with Gasteiger partial charge < -0.3 is 9.64 Å². The highest BCUT2D eigenvalue weighted by Gasteiger charge is 2.15. The van der Waals surface area contributed by atoms with Crippen LogP contribution in [-0.4, -0.2) is 29.9 Å². The van der Waals surface area contributed by atoms with Gasteiger partial charge in [-0.15, -0.1) is 11.3 Å².